The van der Waals surface area contributed by atoms with Gasteiger partial charge in [0.1, 0.15) is 5.75 Å². The highest BCUT2D eigenvalue weighted by Gasteiger charge is 2.29. The van der Waals surface area contributed by atoms with Crippen molar-refractivity contribution in [1.29, 1.82) is 0 Å². The van der Waals surface area contributed by atoms with E-state index in [-0.39, 0.29) is 23.6 Å². The third kappa shape index (κ3) is 4.72. The lowest BCUT2D eigenvalue weighted by molar-refractivity contribution is -0.121. The van der Waals surface area contributed by atoms with E-state index in [1.807, 2.05) is 0 Å². The Balaban J connectivity index is 1.42. The summed E-state index contributed by atoms with van der Waals surface area (Å²) in [6.07, 6.45) is 2.84. The van der Waals surface area contributed by atoms with E-state index in [0.29, 0.717) is 60.2 Å². The number of amides is 3. The summed E-state index contributed by atoms with van der Waals surface area (Å²) in [6, 6.07) is 12.1. The van der Waals surface area contributed by atoms with Gasteiger partial charge in [0.2, 0.25) is 11.8 Å². The van der Waals surface area contributed by atoms with Crippen LogP contribution < -0.4 is 15.0 Å². The molecule has 0 aromatic heterocycles. The Morgan fingerprint density at radius 3 is 2.56 bits per heavy atom. The fourth-order valence-corrected chi connectivity index (χ4v) is 4.40. The monoisotopic (exact) mass is 455 g/mol. The zero-order valence-electron chi connectivity index (χ0n) is 18.0. The molecule has 3 amide bonds. The summed E-state index contributed by atoms with van der Waals surface area (Å²) in [5, 5.41) is 3.52. The van der Waals surface area contributed by atoms with Crippen LogP contribution in [0.4, 0.5) is 11.4 Å². The van der Waals surface area contributed by atoms with Gasteiger partial charge in [0, 0.05) is 48.4 Å². The maximum absolute atomic E-state index is 12.9. The predicted molar refractivity (Wildman–Crippen MR) is 123 cm³/mol. The third-order valence-electron chi connectivity index (χ3n) is 5.98. The molecular weight excluding hydrogens is 430 g/mol. The summed E-state index contributed by atoms with van der Waals surface area (Å²) in [6.45, 7) is 1.66. The van der Waals surface area contributed by atoms with E-state index in [9.17, 15) is 14.4 Å². The Kier molecular flexibility index (Phi) is 6.65. The topological polar surface area (TPSA) is 79.0 Å². The summed E-state index contributed by atoms with van der Waals surface area (Å²) >= 11 is 5.91. The number of rotatable bonds is 5. The van der Waals surface area contributed by atoms with Crippen molar-refractivity contribution in [3.63, 3.8) is 0 Å². The van der Waals surface area contributed by atoms with Crippen molar-refractivity contribution in [1.82, 2.24) is 4.90 Å². The molecular formula is C24H26ClN3O4. The molecule has 1 atom stereocenters. The first-order valence-electron chi connectivity index (χ1n) is 10.8. The van der Waals surface area contributed by atoms with E-state index < -0.39 is 0 Å². The fourth-order valence-electron chi connectivity index (χ4n) is 4.28. The predicted octanol–water partition coefficient (Wildman–Crippen LogP) is 3.97. The standard InChI is InChI=1S/C24H26ClN3O4/c1-32-21-14-19(10-11-20(21)28-13-3-5-22(28)29)26-23(30)17-4-2-12-27(15-17)24(31)16-6-8-18(25)9-7-16/h6-11,14,17H,2-5,12-13,15H2,1H3,(H,26,30)/t17-/m1/s1. The SMILES string of the molecule is COc1cc(NC(=O)[C@@H]2CCCN(C(=O)c3ccc(Cl)cc3)C2)ccc1N1CCCC1=O. The van der Waals surface area contributed by atoms with E-state index in [1.165, 1.54) is 0 Å². The van der Waals surface area contributed by atoms with Gasteiger partial charge in [-0.3, -0.25) is 14.4 Å². The molecule has 32 heavy (non-hydrogen) atoms. The first-order valence-corrected chi connectivity index (χ1v) is 11.2. The molecule has 0 radical (unpaired) electrons. The van der Waals surface area contributed by atoms with E-state index in [2.05, 4.69) is 5.32 Å². The highest BCUT2D eigenvalue weighted by atomic mass is 35.5. The largest absolute Gasteiger partial charge is 0.494 e. The van der Waals surface area contributed by atoms with E-state index in [4.69, 9.17) is 16.3 Å². The first-order chi connectivity index (χ1) is 15.5. The van der Waals surface area contributed by atoms with Gasteiger partial charge in [-0.1, -0.05) is 11.6 Å². The number of hydrogen-bond acceptors (Lipinski definition) is 4. The van der Waals surface area contributed by atoms with Gasteiger partial charge in [-0.15, -0.1) is 0 Å². The summed E-state index contributed by atoms with van der Waals surface area (Å²) < 4.78 is 5.47. The normalized spacial score (nSPS) is 18.6. The number of nitrogens with one attached hydrogen (secondary N) is 1. The highest BCUT2D eigenvalue weighted by molar-refractivity contribution is 6.30. The number of anilines is 2. The zero-order valence-corrected chi connectivity index (χ0v) is 18.7. The minimum atomic E-state index is -0.300. The van der Waals surface area contributed by atoms with Crippen molar-refractivity contribution in [3.05, 3.63) is 53.1 Å². The van der Waals surface area contributed by atoms with Crippen molar-refractivity contribution in [2.75, 3.05) is 37.0 Å². The molecule has 2 heterocycles. The molecule has 2 aromatic rings. The van der Waals surface area contributed by atoms with Gasteiger partial charge in [-0.2, -0.15) is 0 Å². The summed E-state index contributed by atoms with van der Waals surface area (Å²) in [7, 11) is 1.55. The van der Waals surface area contributed by atoms with Crippen LogP contribution in [-0.2, 0) is 9.59 Å². The Bertz CT molecular complexity index is 1020. The molecule has 2 aliphatic heterocycles. The molecule has 2 fully saturated rings. The molecule has 0 bridgehead atoms. The Hall–Kier alpha value is -3.06. The van der Waals surface area contributed by atoms with Crippen LogP contribution in [0.25, 0.3) is 0 Å². The molecule has 0 spiro atoms. The van der Waals surface area contributed by atoms with Gasteiger partial charge >= 0.3 is 0 Å². The van der Waals surface area contributed by atoms with Gasteiger partial charge in [-0.05, 0) is 55.7 Å². The number of carbonyl (C=O) groups is 3. The fraction of sp³-hybridized carbons (Fsp3) is 0.375. The van der Waals surface area contributed by atoms with Crippen LogP contribution in [-0.4, -0.2) is 49.4 Å². The molecule has 2 aliphatic rings. The number of methoxy groups -OCH3 is 1. The molecule has 7 nitrogen and oxygen atoms in total. The average molecular weight is 456 g/mol. The molecule has 4 rings (SSSR count). The molecule has 1 N–H and O–H groups in total. The van der Waals surface area contributed by atoms with E-state index in [0.717, 1.165) is 12.8 Å². The number of piperidine rings is 1. The molecule has 168 valence electrons. The minimum Gasteiger partial charge on any atom is -0.494 e. The van der Waals surface area contributed by atoms with Gasteiger partial charge in [-0.25, -0.2) is 0 Å². The van der Waals surface area contributed by atoms with Crippen LogP contribution in [0, 0.1) is 5.92 Å². The van der Waals surface area contributed by atoms with Crippen LogP contribution in [0.15, 0.2) is 42.5 Å². The summed E-state index contributed by atoms with van der Waals surface area (Å²) in [5.41, 5.74) is 1.88. The van der Waals surface area contributed by atoms with Crippen LogP contribution in [0.2, 0.25) is 5.02 Å². The Labute approximate surface area is 192 Å². The second-order valence-corrected chi connectivity index (χ2v) is 8.56. The first kappa shape index (κ1) is 22.1. The molecule has 0 unspecified atom stereocenters. The Morgan fingerprint density at radius 2 is 1.88 bits per heavy atom. The van der Waals surface area contributed by atoms with E-state index in [1.54, 1.807) is 59.4 Å². The number of carbonyl (C=O) groups excluding carboxylic acids is 3. The summed E-state index contributed by atoms with van der Waals surface area (Å²) in [5.74, 6) is 0.0888. The van der Waals surface area contributed by atoms with Crippen LogP contribution in [0.5, 0.6) is 5.75 Å². The van der Waals surface area contributed by atoms with Gasteiger partial charge in [0.25, 0.3) is 5.91 Å². The molecule has 0 saturated carbocycles. The molecule has 8 heteroatoms. The number of hydrogen-bond donors (Lipinski definition) is 1. The van der Waals surface area contributed by atoms with Crippen LogP contribution >= 0.6 is 11.6 Å². The molecule has 2 saturated heterocycles. The Morgan fingerprint density at radius 1 is 1.09 bits per heavy atom. The lowest BCUT2D eigenvalue weighted by Crippen LogP contribution is -2.43. The number of ether oxygens (including phenoxy) is 1. The van der Waals surface area contributed by atoms with Crippen molar-refractivity contribution in [3.8, 4) is 5.75 Å². The van der Waals surface area contributed by atoms with Crippen molar-refractivity contribution >= 4 is 40.7 Å². The van der Waals surface area contributed by atoms with Crippen molar-refractivity contribution < 1.29 is 19.1 Å². The number of nitrogens with zero attached hydrogens (tertiary/aromatic N) is 2. The maximum Gasteiger partial charge on any atom is 0.253 e. The minimum absolute atomic E-state index is 0.0766. The maximum atomic E-state index is 12.9. The van der Waals surface area contributed by atoms with E-state index >= 15 is 0 Å². The van der Waals surface area contributed by atoms with Crippen molar-refractivity contribution in [2.45, 2.75) is 25.7 Å². The average Bonchev–Trinajstić information content (AvgIpc) is 3.24. The van der Waals surface area contributed by atoms with Gasteiger partial charge in [0.15, 0.2) is 0 Å². The second-order valence-electron chi connectivity index (χ2n) is 8.12. The molecule has 2 aromatic carbocycles. The summed E-state index contributed by atoms with van der Waals surface area (Å²) in [4.78, 5) is 41.3. The van der Waals surface area contributed by atoms with Crippen molar-refractivity contribution in [2.24, 2.45) is 5.92 Å². The number of halogens is 1. The lowest BCUT2D eigenvalue weighted by Gasteiger charge is -2.32. The quantitative estimate of drug-likeness (QED) is 0.740. The third-order valence-corrected chi connectivity index (χ3v) is 6.23. The number of likely N-dealkylation sites (tertiary alicyclic amines) is 1. The van der Waals surface area contributed by atoms with Crippen LogP contribution in [0.3, 0.4) is 0 Å². The highest BCUT2D eigenvalue weighted by Crippen LogP contribution is 2.34. The second kappa shape index (κ2) is 9.61. The molecule has 0 aliphatic carbocycles. The lowest BCUT2D eigenvalue weighted by atomic mass is 9.96. The smallest absolute Gasteiger partial charge is 0.253 e. The number of benzene rings is 2. The van der Waals surface area contributed by atoms with Crippen LogP contribution in [0.1, 0.15) is 36.0 Å². The van der Waals surface area contributed by atoms with Gasteiger partial charge < -0.3 is 19.9 Å². The zero-order chi connectivity index (χ0) is 22.7. The van der Waals surface area contributed by atoms with Gasteiger partial charge in [0.05, 0.1) is 18.7 Å².